The number of hydrogen-bond acceptors (Lipinski definition) is 9. The molecule has 2 amide bonds. The number of nitriles is 1. The summed E-state index contributed by atoms with van der Waals surface area (Å²) in [4.78, 5) is 28.6. The number of aromatic amines is 1. The first-order valence-electron chi connectivity index (χ1n) is 11.6. The summed E-state index contributed by atoms with van der Waals surface area (Å²) in [5.41, 5.74) is 6.53. The number of aryl methyl sites for hydroxylation is 2. The standard InChI is InChI=1S/C23H28N8O2S2/c1-14(26-13-21(32)31-9-2-3-15(31)12-24)11-18(23-27-29-30-28-23)17-8-10-34-19(17)6-4-16-5-7-20(35-16)22(25)33/h5,7-8,10,14-15,18,26H,2-4,6,9,11,13H2,1H3,(H2,25,33)(H,27,28,29,30)/t14?,15-,18?/m0/s1. The van der Waals surface area contributed by atoms with Gasteiger partial charge in [0.2, 0.25) is 5.91 Å². The van der Waals surface area contributed by atoms with Gasteiger partial charge in [-0.2, -0.15) is 10.5 Å². The van der Waals surface area contributed by atoms with E-state index < -0.39 is 5.91 Å². The monoisotopic (exact) mass is 512 g/mol. The maximum absolute atomic E-state index is 12.6. The van der Waals surface area contributed by atoms with Gasteiger partial charge in [0.15, 0.2) is 5.82 Å². The summed E-state index contributed by atoms with van der Waals surface area (Å²) < 4.78 is 0. The number of nitrogens with two attached hydrogens (primary N) is 1. The molecule has 10 nitrogen and oxygen atoms in total. The number of tetrazole rings is 1. The minimum absolute atomic E-state index is 0.00811. The lowest BCUT2D eigenvalue weighted by Crippen LogP contribution is -2.43. The van der Waals surface area contributed by atoms with Crippen LogP contribution < -0.4 is 11.1 Å². The second-order valence-corrected chi connectivity index (χ2v) is 10.8. The van der Waals surface area contributed by atoms with Gasteiger partial charge in [0.05, 0.1) is 23.4 Å². The van der Waals surface area contributed by atoms with E-state index in [0.717, 1.165) is 36.1 Å². The van der Waals surface area contributed by atoms with Crippen LogP contribution in [0, 0.1) is 11.3 Å². The lowest BCUT2D eigenvalue weighted by Gasteiger charge is -2.23. The van der Waals surface area contributed by atoms with Crippen molar-refractivity contribution in [1.82, 2.24) is 30.8 Å². The minimum atomic E-state index is -0.400. The zero-order valence-corrected chi connectivity index (χ0v) is 21.1. The van der Waals surface area contributed by atoms with Gasteiger partial charge in [-0.1, -0.05) is 5.21 Å². The Bertz CT molecular complexity index is 1180. The van der Waals surface area contributed by atoms with Gasteiger partial charge in [-0.15, -0.1) is 32.9 Å². The zero-order valence-electron chi connectivity index (χ0n) is 19.4. The van der Waals surface area contributed by atoms with E-state index in [1.807, 2.05) is 13.0 Å². The third kappa shape index (κ3) is 6.11. The lowest BCUT2D eigenvalue weighted by atomic mass is 9.91. The van der Waals surface area contributed by atoms with Gasteiger partial charge in [0.25, 0.3) is 5.91 Å². The molecule has 0 aliphatic carbocycles. The molecule has 35 heavy (non-hydrogen) atoms. The summed E-state index contributed by atoms with van der Waals surface area (Å²) in [5.74, 6) is 0.0826. The maximum atomic E-state index is 12.6. The third-order valence-electron chi connectivity index (χ3n) is 6.24. The number of carbonyl (C=O) groups excluding carboxylic acids is 2. The number of amides is 2. The van der Waals surface area contributed by atoms with E-state index in [1.54, 1.807) is 22.3 Å². The molecular weight excluding hydrogens is 484 g/mol. The lowest BCUT2D eigenvalue weighted by molar-refractivity contribution is -0.130. The Morgan fingerprint density at radius 2 is 2.23 bits per heavy atom. The number of H-pyrrole nitrogens is 1. The van der Waals surface area contributed by atoms with Crippen molar-refractivity contribution < 1.29 is 9.59 Å². The highest BCUT2D eigenvalue weighted by Crippen LogP contribution is 2.33. The number of nitrogens with one attached hydrogen (secondary N) is 2. The van der Waals surface area contributed by atoms with Crippen LogP contribution in [0.25, 0.3) is 0 Å². The highest BCUT2D eigenvalue weighted by molar-refractivity contribution is 7.14. The molecule has 3 aromatic rings. The molecule has 184 valence electrons. The molecule has 4 N–H and O–H groups in total. The van der Waals surface area contributed by atoms with Crippen molar-refractivity contribution in [3.05, 3.63) is 49.6 Å². The second-order valence-electron chi connectivity index (χ2n) is 8.64. The van der Waals surface area contributed by atoms with Crippen LogP contribution in [0.2, 0.25) is 0 Å². The molecule has 3 atom stereocenters. The van der Waals surface area contributed by atoms with Crippen molar-refractivity contribution in [1.29, 1.82) is 5.26 Å². The quantitative estimate of drug-likeness (QED) is 0.356. The summed E-state index contributed by atoms with van der Waals surface area (Å²) in [6.45, 7) is 2.87. The summed E-state index contributed by atoms with van der Waals surface area (Å²) in [7, 11) is 0. The third-order valence-corrected chi connectivity index (χ3v) is 8.40. The van der Waals surface area contributed by atoms with Crippen molar-refractivity contribution in [2.24, 2.45) is 5.73 Å². The molecule has 0 bridgehead atoms. The first-order valence-corrected chi connectivity index (χ1v) is 13.3. The molecule has 1 aliphatic rings. The second kappa shape index (κ2) is 11.5. The van der Waals surface area contributed by atoms with Crippen molar-refractivity contribution in [3.8, 4) is 6.07 Å². The Labute approximate surface area is 211 Å². The normalized spacial score (nSPS) is 17.3. The smallest absolute Gasteiger partial charge is 0.258 e. The van der Waals surface area contributed by atoms with Gasteiger partial charge in [-0.05, 0) is 68.2 Å². The van der Waals surface area contributed by atoms with E-state index in [4.69, 9.17) is 5.73 Å². The van der Waals surface area contributed by atoms with Crippen LogP contribution in [0.1, 0.15) is 62.9 Å². The predicted molar refractivity (Wildman–Crippen MR) is 133 cm³/mol. The fraction of sp³-hybridized carbons (Fsp3) is 0.478. The van der Waals surface area contributed by atoms with Crippen LogP contribution in [-0.2, 0) is 17.6 Å². The van der Waals surface area contributed by atoms with E-state index in [1.165, 1.54) is 16.2 Å². The molecule has 12 heteroatoms. The number of carbonyl (C=O) groups is 2. The number of likely N-dealkylation sites (tertiary alicyclic amines) is 1. The van der Waals surface area contributed by atoms with Crippen molar-refractivity contribution >= 4 is 34.5 Å². The van der Waals surface area contributed by atoms with Crippen molar-refractivity contribution in [2.45, 2.75) is 57.0 Å². The Hall–Kier alpha value is -3.14. The number of thiophene rings is 2. The SMILES string of the molecule is CC(CC(c1nn[nH]n1)c1ccsc1CCc1ccc(C(N)=O)s1)NCC(=O)N1CCC[C@H]1C#N. The number of hydrogen-bond donors (Lipinski definition) is 3. The summed E-state index contributed by atoms with van der Waals surface area (Å²) in [6.07, 6.45) is 3.93. The Balaban J connectivity index is 1.41. The van der Waals surface area contributed by atoms with Crippen molar-refractivity contribution in [3.63, 3.8) is 0 Å². The largest absolute Gasteiger partial charge is 0.365 e. The molecule has 1 saturated heterocycles. The molecule has 0 spiro atoms. The van der Waals surface area contributed by atoms with E-state index in [-0.39, 0.29) is 30.5 Å². The molecule has 1 fully saturated rings. The van der Waals surface area contributed by atoms with Gasteiger partial charge >= 0.3 is 0 Å². The van der Waals surface area contributed by atoms with Crippen LogP contribution in [0.15, 0.2) is 23.6 Å². The average molecular weight is 513 g/mol. The van der Waals surface area contributed by atoms with Crippen LogP contribution in [-0.4, -0.2) is 62.5 Å². The van der Waals surface area contributed by atoms with E-state index in [0.29, 0.717) is 23.7 Å². The van der Waals surface area contributed by atoms with Crippen LogP contribution >= 0.6 is 22.7 Å². The molecule has 4 rings (SSSR count). The molecule has 0 radical (unpaired) electrons. The molecule has 0 saturated carbocycles. The number of nitrogens with zero attached hydrogens (tertiary/aromatic N) is 5. The predicted octanol–water partition coefficient (Wildman–Crippen LogP) is 2.22. The summed E-state index contributed by atoms with van der Waals surface area (Å²) in [6, 6.07) is 7.74. The Morgan fingerprint density at radius 3 is 2.94 bits per heavy atom. The topological polar surface area (TPSA) is 154 Å². The minimum Gasteiger partial charge on any atom is -0.365 e. The molecule has 1 aliphatic heterocycles. The Kier molecular flexibility index (Phi) is 8.22. The number of aromatic nitrogens is 4. The van der Waals surface area contributed by atoms with Gasteiger partial charge in [-0.3, -0.25) is 9.59 Å². The van der Waals surface area contributed by atoms with E-state index in [2.05, 4.69) is 43.5 Å². The maximum Gasteiger partial charge on any atom is 0.258 e. The highest BCUT2D eigenvalue weighted by atomic mass is 32.1. The first kappa shape index (κ1) is 25.0. The van der Waals surface area contributed by atoms with Gasteiger partial charge < -0.3 is 16.0 Å². The first-order chi connectivity index (χ1) is 17.0. The molecule has 4 heterocycles. The molecule has 3 aromatic heterocycles. The van der Waals surface area contributed by atoms with E-state index >= 15 is 0 Å². The van der Waals surface area contributed by atoms with E-state index in [9.17, 15) is 14.9 Å². The fourth-order valence-electron chi connectivity index (χ4n) is 4.43. The zero-order chi connectivity index (χ0) is 24.8. The van der Waals surface area contributed by atoms with Crippen LogP contribution in [0.5, 0.6) is 0 Å². The molecule has 0 aromatic carbocycles. The van der Waals surface area contributed by atoms with Crippen LogP contribution in [0.4, 0.5) is 0 Å². The van der Waals surface area contributed by atoms with Gasteiger partial charge in [-0.25, -0.2) is 0 Å². The van der Waals surface area contributed by atoms with Crippen LogP contribution in [0.3, 0.4) is 0 Å². The molecular formula is C23H28N8O2S2. The fourth-order valence-corrected chi connectivity index (χ4v) is 6.24. The average Bonchev–Trinajstić information content (AvgIpc) is 3.66. The number of primary amides is 1. The highest BCUT2D eigenvalue weighted by Gasteiger charge is 2.29. The summed E-state index contributed by atoms with van der Waals surface area (Å²) >= 11 is 3.12. The van der Waals surface area contributed by atoms with Crippen molar-refractivity contribution in [2.75, 3.05) is 13.1 Å². The van der Waals surface area contributed by atoms with Gasteiger partial charge in [0.1, 0.15) is 6.04 Å². The summed E-state index contributed by atoms with van der Waals surface area (Å²) in [5, 5.41) is 29.5. The molecule has 2 unspecified atom stereocenters. The number of rotatable bonds is 11. The van der Waals surface area contributed by atoms with Gasteiger partial charge in [0, 0.05) is 22.3 Å². The Morgan fingerprint density at radius 1 is 1.37 bits per heavy atom.